The minimum atomic E-state index is -2.29. The highest BCUT2D eigenvalue weighted by Gasteiger charge is 2.42. The van der Waals surface area contributed by atoms with Gasteiger partial charge in [0.2, 0.25) is 0 Å². The molecule has 0 bridgehead atoms. The smallest absolute Gasteiger partial charge is 0.256 e. The van der Waals surface area contributed by atoms with E-state index < -0.39 is 12.0 Å². The van der Waals surface area contributed by atoms with Crippen molar-refractivity contribution >= 4 is 0 Å². The maximum atomic E-state index is 13.0. The maximum absolute atomic E-state index is 13.0. The molecule has 0 aliphatic carbocycles. The molecule has 3 heteroatoms. The van der Waals surface area contributed by atoms with E-state index in [0.717, 1.165) is 12.0 Å². The summed E-state index contributed by atoms with van der Waals surface area (Å²) in [6.45, 7) is 0.706. The van der Waals surface area contributed by atoms with Gasteiger partial charge in [0.25, 0.3) is 6.43 Å². The first-order chi connectivity index (χ1) is 7.23. The first kappa shape index (κ1) is 10.6. The van der Waals surface area contributed by atoms with Crippen LogP contribution in [-0.4, -0.2) is 18.5 Å². The summed E-state index contributed by atoms with van der Waals surface area (Å²) >= 11 is 0. The highest BCUT2D eigenvalue weighted by molar-refractivity contribution is 5.19. The zero-order valence-corrected chi connectivity index (χ0v) is 8.55. The maximum Gasteiger partial charge on any atom is 0.256 e. The molecule has 1 nitrogen and oxygen atoms in total. The van der Waals surface area contributed by atoms with Crippen LogP contribution in [0.5, 0.6) is 0 Å². The van der Waals surface area contributed by atoms with E-state index in [1.165, 1.54) is 0 Å². The summed E-state index contributed by atoms with van der Waals surface area (Å²) in [4.78, 5) is 0. The van der Waals surface area contributed by atoms with Crippen molar-refractivity contribution in [3.8, 4) is 0 Å². The van der Waals surface area contributed by atoms with Gasteiger partial charge in [0.05, 0.1) is 5.54 Å². The molecule has 1 saturated heterocycles. The lowest BCUT2D eigenvalue weighted by Crippen LogP contribution is -2.48. The molecule has 1 aliphatic heterocycles. The normalized spacial score (nSPS) is 26.1. The summed E-state index contributed by atoms with van der Waals surface area (Å²) in [5, 5.41) is 2.97. The average molecular weight is 211 g/mol. The molecule has 2 rings (SSSR count). The van der Waals surface area contributed by atoms with Gasteiger partial charge in [0.15, 0.2) is 0 Å². The second-order valence-electron chi connectivity index (χ2n) is 4.15. The quantitative estimate of drug-likeness (QED) is 0.810. The van der Waals surface area contributed by atoms with Gasteiger partial charge in [-0.1, -0.05) is 30.3 Å². The summed E-state index contributed by atoms with van der Waals surface area (Å²) < 4.78 is 26.0. The summed E-state index contributed by atoms with van der Waals surface area (Å²) in [6, 6.07) is 9.50. The van der Waals surface area contributed by atoms with E-state index in [2.05, 4.69) is 5.32 Å². The van der Waals surface area contributed by atoms with Crippen molar-refractivity contribution in [3.63, 3.8) is 0 Å². The summed E-state index contributed by atoms with van der Waals surface area (Å²) in [6.07, 6.45) is -0.456. The monoisotopic (exact) mass is 211 g/mol. The Bertz CT molecular complexity index is 305. The molecular weight excluding hydrogens is 196 g/mol. The predicted molar refractivity (Wildman–Crippen MR) is 56.1 cm³/mol. The molecule has 0 saturated carbocycles. The van der Waals surface area contributed by atoms with Gasteiger partial charge < -0.3 is 5.32 Å². The van der Waals surface area contributed by atoms with Gasteiger partial charge in [0.1, 0.15) is 0 Å². The number of alkyl halides is 2. The van der Waals surface area contributed by atoms with E-state index in [9.17, 15) is 8.78 Å². The lowest BCUT2D eigenvalue weighted by molar-refractivity contribution is 0.0411. The molecule has 1 aliphatic rings. The molecular formula is C12H15F2N. The van der Waals surface area contributed by atoms with Crippen LogP contribution >= 0.6 is 0 Å². The van der Waals surface area contributed by atoms with Crippen LogP contribution in [0.1, 0.15) is 18.4 Å². The van der Waals surface area contributed by atoms with Crippen LogP contribution in [-0.2, 0) is 6.42 Å². The molecule has 1 aromatic rings. The minimum Gasteiger partial charge on any atom is -0.306 e. The zero-order chi connectivity index (χ0) is 10.7. The average Bonchev–Trinajstić information content (AvgIpc) is 2.69. The second kappa shape index (κ2) is 4.27. The van der Waals surface area contributed by atoms with E-state index >= 15 is 0 Å². The van der Waals surface area contributed by atoms with E-state index in [1.54, 1.807) is 0 Å². The minimum absolute atomic E-state index is 0.422. The molecule has 1 atom stereocenters. The number of halogens is 2. The van der Waals surface area contributed by atoms with E-state index in [4.69, 9.17) is 0 Å². The Hall–Kier alpha value is -0.960. The predicted octanol–water partition coefficient (Wildman–Crippen LogP) is 2.62. The van der Waals surface area contributed by atoms with Crippen molar-refractivity contribution in [1.29, 1.82) is 0 Å². The first-order valence-corrected chi connectivity index (χ1v) is 5.30. The largest absolute Gasteiger partial charge is 0.306 e. The van der Waals surface area contributed by atoms with Crippen molar-refractivity contribution in [2.75, 3.05) is 6.54 Å². The molecule has 1 unspecified atom stereocenters. The molecule has 1 fully saturated rings. The van der Waals surface area contributed by atoms with Crippen LogP contribution in [0.15, 0.2) is 30.3 Å². The van der Waals surface area contributed by atoms with Gasteiger partial charge in [-0.05, 0) is 31.4 Å². The SMILES string of the molecule is FC(F)C1(Cc2ccccc2)CCCN1. The van der Waals surface area contributed by atoms with Crippen molar-refractivity contribution < 1.29 is 8.78 Å². The molecule has 1 N–H and O–H groups in total. The highest BCUT2D eigenvalue weighted by atomic mass is 19.3. The molecule has 82 valence electrons. The molecule has 0 aromatic heterocycles. The van der Waals surface area contributed by atoms with Gasteiger partial charge in [0, 0.05) is 0 Å². The Balaban J connectivity index is 2.14. The van der Waals surface area contributed by atoms with Gasteiger partial charge in [-0.3, -0.25) is 0 Å². The molecule has 0 spiro atoms. The van der Waals surface area contributed by atoms with Gasteiger partial charge in [-0.2, -0.15) is 0 Å². The number of hydrogen-bond donors (Lipinski definition) is 1. The van der Waals surface area contributed by atoms with E-state index in [-0.39, 0.29) is 0 Å². The Morgan fingerprint density at radius 3 is 2.53 bits per heavy atom. The number of benzene rings is 1. The summed E-state index contributed by atoms with van der Waals surface area (Å²) in [7, 11) is 0. The summed E-state index contributed by atoms with van der Waals surface area (Å²) in [5.74, 6) is 0. The standard InChI is InChI=1S/C12H15F2N/c13-11(14)12(7-4-8-15-12)9-10-5-2-1-3-6-10/h1-3,5-6,11,15H,4,7-9H2. The van der Waals surface area contributed by atoms with Crippen LogP contribution in [0.3, 0.4) is 0 Å². The Morgan fingerprint density at radius 1 is 1.27 bits per heavy atom. The second-order valence-corrected chi connectivity index (χ2v) is 4.15. The lowest BCUT2D eigenvalue weighted by atomic mass is 9.90. The van der Waals surface area contributed by atoms with Crippen LogP contribution in [0.25, 0.3) is 0 Å². The Morgan fingerprint density at radius 2 is 2.00 bits per heavy atom. The number of hydrogen-bond acceptors (Lipinski definition) is 1. The van der Waals surface area contributed by atoms with Crippen molar-refractivity contribution in [3.05, 3.63) is 35.9 Å². The first-order valence-electron chi connectivity index (χ1n) is 5.30. The Kier molecular flexibility index (Phi) is 3.00. The third kappa shape index (κ3) is 2.17. The fraction of sp³-hybridized carbons (Fsp3) is 0.500. The molecule has 15 heavy (non-hydrogen) atoms. The van der Waals surface area contributed by atoms with Crippen LogP contribution < -0.4 is 5.32 Å². The Labute approximate surface area is 88.5 Å². The van der Waals surface area contributed by atoms with E-state index in [0.29, 0.717) is 19.4 Å². The third-order valence-corrected chi connectivity index (χ3v) is 3.06. The molecule has 1 heterocycles. The van der Waals surface area contributed by atoms with Crippen LogP contribution in [0.2, 0.25) is 0 Å². The van der Waals surface area contributed by atoms with Crippen molar-refractivity contribution in [1.82, 2.24) is 5.32 Å². The number of rotatable bonds is 3. The van der Waals surface area contributed by atoms with Crippen molar-refractivity contribution in [2.24, 2.45) is 0 Å². The van der Waals surface area contributed by atoms with Crippen LogP contribution in [0.4, 0.5) is 8.78 Å². The fourth-order valence-corrected chi connectivity index (χ4v) is 2.20. The van der Waals surface area contributed by atoms with Gasteiger partial charge in [-0.25, -0.2) is 8.78 Å². The highest BCUT2D eigenvalue weighted by Crippen LogP contribution is 2.30. The fourth-order valence-electron chi connectivity index (χ4n) is 2.20. The van der Waals surface area contributed by atoms with Gasteiger partial charge >= 0.3 is 0 Å². The molecule has 0 radical (unpaired) electrons. The number of nitrogens with one attached hydrogen (secondary N) is 1. The summed E-state index contributed by atoms with van der Waals surface area (Å²) in [5.41, 5.74) is -0.00588. The zero-order valence-electron chi connectivity index (χ0n) is 8.55. The van der Waals surface area contributed by atoms with Gasteiger partial charge in [-0.15, -0.1) is 0 Å². The molecule has 0 amide bonds. The lowest BCUT2D eigenvalue weighted by Gasteiger charge is -2.28. The van der Waals surface area contributed by atoms with Crippen molar-refractivity contribution in [2.45, 2.75) is 31.2 Å². The topological polar surface area (TPSA) is 12.0 Å². The van der Waals surface area contributed by atoms with E-state index in [1.807, 2.05) is 30.3 Å². The molecule has 1 aromatic carbocycles. The third-order valence-electron chi connectivity index (χ3n) is 3.06. The van der Waals surface area contributed by atoms with Crippen LogP contribution in [0, 0.1) is 0 Å².